The number of amides is 2. The smallest absolute Gasteiger partial charge is 0.344 e. The van der Waals surface area contributed by atoms with Gasteiger partial charge >= 0.3 is 23.8 Å². The van der Waals surface area contributed by atoms with Crippen LogP contribution in [0.5, 0.6) is 5.75 Å². The molecule has 1 aliphatic rings. The molecule has 202 valence electrons. The topological polar surface area (TPSA) is 123 Å². The number of hydrogen-bond donors (Lipinski definition) is 2. The highest BCUT2D eigenvalue weighted by molar-refractivity contribution is 9.10. The summed E-state index contributed by atoms with van der Waals surface area (Å²) in [6.07, 6.45) is 3.81. The zero-order valence-corrected chi connectivity index (χ0v) is 23.7. The monoisotopic (exact) mass is 611 g/mol. The van der Waals surface area contributed by atoms with E-state index in [9.17, 15) is 19.2 Å². The molecule has 0 spiro atoms. The average Bonchev–Trinajstić information content (AvgIpc) is 3.26. The highest BCUT2D eigenvalue weighted by atomic mass is 79.9. The van der Waals surface area contributed by atoms with E-state index in [1.165, 1.54) is 17.6 Å². The molecule has 0 aliphatic heterocycles. The third-order valence-corrected chi connectivity index (χ3v) is 7.85. The predicted octanol–water partition coefficient (Wildman–Crippen LogP) is 5.12. The van der Waals surface area contributed by atoms with Crippen molar-refractivity contribution in [3.8, 4) is 5.75 Å². The lowest BCUT2D eigenvalue weighted by molar-refractivity contribution is -0.136. The van der Waals surface area contributed by atoms with Crippen LogP contribution in [0.25, 0.3) is 0 Å². The van der Waals surface area contributed by atoms with Crippen LogP contribution in [0.3, 0.4) is 0 Å². The third kappa shape index (κ3) is 6.98. The molecule has 2 N–H and O–H groups in total. The average molecular weight is 613 g/mol. The number of esters is 2. The van der Waals surface area contributed by atoms with Crippen molar-refractivity contribution >= 4 is 62.2 Å². The minimum Gasteiger partial charge on any atom is -0.462 e. The van der Waals surface area contributed by atoms with E-state index in [2.05, 4.69) is 38.7 Å². The normalized spacial score (nSPS) is 14.4. The number of thiophene rings is 1. The molecule has 0 bridgehead atoms. The molecule has 2 aromatic carbocycles. The molecular formula is C28H26BrN3O6S. The third-order valence-electron chi connectivity index (χ3n) is 5.99. The van der Waals surface area contributed by atoms with Gasteiger partial charge in [0.05, 0.1) is 23.9 Å². The number of nitrogens with one attached hydrogen (secondary N) is 2. The molecule has 0 radical (unpaired) electrons. The molecule has 2 amide bonds. The molecule has 1 aliphatic carbocycles. The summed E-state index contributed by atoms with van der Waals surface area (Å²) in [5.74, 6) is -2.14. The second-order valence-corrected chi connectivity index (χ2v) is 10.8. The number of ether oxygens (including phenoxy) is 2. The minimum absolute atomic E-state index is 0.205. The zero-order chi connectivity index (χ0) is 27.9. The largest absolute Gasteiger partial charge is 0.462 e. The second-order valence-electron chi connectivity index (χ2n) is 8.87. The van der Waals surface area contributed by atoms with Gasteiger partial charge in [-0.2, -0.15) is 5.10 Å². The van der Waals surface area contributed by atoms with Gasteiger partial charge in [-0.25, -0.2) is 15.0 Å². The van der Waals surface area contributed by atoms with Crippen LogP contribution < -0.4 is 15.5 Å². The maximum atomic E-state index is 12.6. The van der Waals surface area contributed by atoms with Crippen molar-refractivity contribution < 1.29 is 28.7 Å². The summed E-state index contributed by atoms with van der Waals surface area (Å²) in [4.78, 5) is 50.9. The summed E-state index contributed by atoms with van der Waals surface area (Å²) >= 11 is 4.62. The molecule has 0 fully saturated rings. The molecule has 3 aromatic rings. The summed E-state index contributed by atoms with van der Waals surface area (Å²) in [7, 11) is 0. The number of anilines is 1. The molecule has 0 unspecified atom stereocenters. The van der Waals surface area contributed by atoms with Crippen LogP contribution in [0.15, 0.2) is 58.1 Å². The number of halogens is 1. The van der Waals surface area contributed by atoms with E-state index in [0.717, 1.165) is 29.7 Å². The number of fused-ring (bicyclic) bond motifs is 1. The molecule has 0 saturated carbocycles. The molecule has 39 heavy (non-hydrogen) atoms. The summed E-state index contributed by atoms with van der Waals surface area (Å²) < 4.78 is 11.2. The molecule has 1 heterocycles. The second kappa shape index (κ2) is 12.8. The number of nitrogens with zero attached hydrogens (tertiary/aromatic N) is 1. The Morgan fingerprint density at radius 2 is 1.82 bits per heavy atom. The van der Waals surface area contributed by atoms with Crippen molar-refractivity contribution in [1.82, 2.24) is 5.43 Å². The summed E-state index contributed by atoms with van der Waals surface area (Å²) in [5.41, 5.74) is 4.39. The van der Waals surface area contributed by atoms with Gasteiger partial charge in [0.2, 0.25) is 0 Å². The molecule has 11 heteroatoms. The highest BCUT2D eigenvalue weighted by Gasteiger charge is 2.30. The quantitative estimate of drug-likeness (QED) is 0.126. The van der Waals surface area contributed by atoms with Crippen molar-refractivity contribution in [2.45, 2.75) is 33.1 Å². The van der Waals surface area contributed by atoms with Crippen LogP contribution in [-0.4, -0.2) is 36.6 Å². The lowest BCUT2D eigenvalue weighted by atomic mass is 9.88. The van der Waals surface area contributed by atoms with E-state index in [1.54, 1.807) is 55.5 Å². The van der Waals surface area contributed by atoms with Crippen LogP contribution in [0.4, 0.5) is 5.00 Å². The van der Waals surface area contributed by atoms with Crippen LogP contribution in [0.1, 0.15) is 57.0 Å². The van der Waals surface area contributed by atoms with E-state index in [1.807, 2.05) is 0 Å². The molecule has 4 rings (SSSR count). The van der Waals surface area contributed by atoms with Gasteiger partial charge < -0.3 is 14.8 Å². The molecule has 9 nitrogen and oxygen atoms in total. The Morgan fingerprint density at radius 3 is 2.54 bits per heavy atom. The van der Waals surface area contributed by atoms with Crippen LogP contribution >= 0.6 is 27.3 Å². The number of benzene rings is 2. The fraction of sp³-hybridized carbons (Fsp3) is 0.250. The first-order valence-electron chi connectivity index (χ1n) is 12.3. The number of rotatable bonds is 7. The minimum atomic E-state index is -0.986. The summed E-state index contributed by atoms with van der Waals surface area (Å²) in [5, 5.41) is 6.69. The lowest BCUT2D eigenvalue weighted by Gasteiger charge is -2.18. The Kier molecular flexibility index (Phi) is 9.26. The number of hydrazone groups is 1. The first-order chi connectivity index (χ1) is 18.8. The maximum absolute atomic E-state index is 12.6. The van der Waals surface area contributed by atoms with Crippen LogP contribution in [0, 0.1) is 5.92 Å². The van der Waals surface area contributed by atoms with Gasteiger partial charge in [0, 0.05) is 9.35 Å². The van der Waals surface area contributed by atoms with Gasteiger partial charge in [-0.05, 0) is 95.6 Å². The molecular weight excluding hydrogens is 586 g/mol. The molecule has 0 saturated heterocycles. The van der Waals surface area contributed by atoms with E-state index in [-0.39, 0.29) is 6.61 Å². The van der Waals surface area contributed by atoms with Crippen molar-refractivity contribution in [2.75, 3.05) is 11.9 Å². The van der Waals surface area contributed by atoms with Crippen molar-refractivity contribution in [1.29, 1.82) is 0 Å². The maximum Gasteiger partial charge on any atom is 0.344 e. The van der Waals surface area contributed by atoms with Gasteiger partial charge in [-0.1, -0.05) is 19.1 Å². The fourth-order valence-corrected chi connectivity index (χ4v) is 5.89. The fourth-order valence-electron chi connectivity index (χ4n) is 4.04. The number of carbonyl (C=O) groups is 4. The van der Waals surface area contributed by atoms with Gasteiger partial charge in [0.1, 0.15) is 10.8 Å². The van der Waals surface area contributed by atoms with Crippen molar-refractivity contribution in [2.24, 2.45) is 11.0 Å². The van der Waals surface area contributed by atoms with Gasteiger partial charge in [-0.15, -0.1) is 11.3 Å². The van der Waals surface area contributed by atoms with E-state index in [4.69, 9.17) is 9.47 Å². The number of hydrogen-bond acceptors (Lipinski definition) is 8. The predicted molar refractivity (Wildman–Crippen MR) is 151 cm³/mol. The zero-order valence-electron chi connectivity index (χ0n) is 21.3. The van der Waals surface area contributed by atoms with Crippen molar-refractivity contribution in [3.05, 3.63) is 80.1 Å². The first kappa shape index (κ1) is 28.2. The Hall–Kier alpha value is -3.83. The van der Waals surface area contributed by atoms with Gasteiger partial charge in [0.25, 0.3) is 0 Å². The Bertz CT molecular complexity index is 1430. The van der Waals surface area contributed by atoms with E-state index >= 15 is 0 Å². The standard InChI is InChI=1S/C28H26BrN3O6S/c1-3-37-28(36)23-20-13-8-16(2)14-22(20)39-26(23)31-24(33)25(34)32-30-15-17-9-11-18(12-10-17)38-27(35)19-6-4-5-7-21(19)29/h4-7,9-12,15-16H,3,8,13-14H2,1-2H3,(H,31,33)(H,32,34)/b30-15-/t16-/m0/s1. The number of carbonyl (C=O) groups excluding carboxylic acids is 4. The molecule has 1 aromatic heterocycles. The van der Waals surface area contributed by atoms with Crippen molar-refractivity contribution in [3.63, 3.8) is 0 Å². The SMILES string of the molecule is CCOC(=O)c1c(NC(=O)C(=O)N/N=C\c2ccc(OC(=O)c3ccccc3Br)cc2)sc2c1CC[C@H](C)C2. The van der Waals surface area contributed by atoms with E-state index < -0.39 is 23.8 Å². The Labute approximate surface area is 237 Å². The summed E-state index contributed by atoms with van der Waals surface area (Å²) in [6, 6.07) is 13.4. The van der Waals surface area contributed by atoms with Crippen LogP contribution in [0.2, 0.25) is 0 Å². The van der Waals surface area contributed by atoms with E-state index in [0.29, 0.717) is 37.8 Å². The lowest BCUT2D eigenvalue weighted by Crippen LogP contribution is -2.32. The van der Waals surface area contributed by atoms with Gasteiger partial charge in [-0.3, -0.25) is 9.59 Å². The summed E-state index contributed by atoms with van der Waals surface area (Å²) in [6.45, 7) is 4.06. The highest BCUT2D eigenvalue weighted by Crippen LogP contribution is 2.40. The first-order valence-corrected chi connectivity index (χ1v) is 13.9. The molecule has 1 atom stereocenters. The Balaban J connectivity index is 1.35. The van der Waals surface area contributed by atoms with Gasteiger partial charge in [0.15, 0.2) is 0 Å². The van der Waals surface area contributed by atoms with Crippen LogP contribution in [-0.2, 0) is 27.2 Å². The Morgan fingerprint density at radius 1 is 1.08 bits per heavy atom.